The van der Waals surface area contributed by atoms with Crippen molar-refractivity contribution in [1.29, 1.82) is 0 Å². The largest absolute Gasteiger partial charge is 0.545 e. The summed E-state index contributed by atoms with van der Waals surface area (Å²) in [4.78, 5) is 30.3. The molecule has 2 heterocycles. The number of rotatable bonds is 2. The first kappa shape index (κ1) is 13.0. The average Bonchev–Trinajstić information content (AvgIpc) is 2.46. The van der Waals surface area contributed by atoms with Gasteiger partial charge < -0.3 is 14.9 Å². The van der Waals surface area contributed by atoms with E-state index in [0.29, 0.717) is 5.52 Å². The number of nitrogens with one attached hydrogen (secondary N) is 1. The molecule has 21 heavy (non-hydrogen) atoms. The van der Waals surface area contributed by atoms with Gasteiger partial charge in [0, 0.05) is 23.3 Å². The van der Waals surface area contributed by atoms with Crippen molar-refractivity contribution in [3.05, 3.63) is 46.4 Å². The van der Waals surface area contributed by atoms with Gasteiger partial charge in [0.2, 0.25) is 0 Å². The molecule has 0 fully saturated rings. The second-order valence-electron chi connectivity index (χ2n) is 4.37. The topological polar surface area (TPSA) is 130 Å². The molecule has 0 aliphatic heterocycles. The van der Waals surface area contributed by atoms with Crippen LogP contribution in [0.3, 0.4) is 0 Å². The lowest BCUT2D eigenvalue weighted by atomic mass is 10.1. The number of aromatic carboxylic acids is 1. The number of aromatic amines is 1. The minimum Gasteiger partial charge on any atom is -0.545 e. The van der Waals surface area contributed by atoms with Crippen LogP contribution < -0.4 is 15.8 Å². The van der Waals surface area contributed by atoms with Crippen molar-refractivity contribution in [3.63, 3.8) is 0 Å². The minimum atomic E-state index is -1.55. The van der Waals surface area contributed by atoms with E-state index >= 15 is 0 Å². The van der Waals surface area contributed by atoms with Crippen LogP contribution in [0.4, 0.5) is 5.69 Å². The summed E-state index contributed by atoms with van der Waals surface area (Å²) >= 11 is 0. The molecule has 0 radical (unpaired) electrons. The van der Waals surface area contributed by atoms with Crippen LogP contribution in [-0.2, 0) is 0 Å². The van der Waals surface area contributed by atoms with Gasteiger partial charge in [0.25, 0.3) is 0 Å². The highest BCUT2D eigenvalue weighted by Gasteiger charge is 2.13. The molecule has 3 rings (SSSR count). The van der Waals surface area contributed by atoms with Crippen LogP contribution in [0.2, 0.25) is 0 Å². The molecule has 0 aliphatic rings. The molecule has 0 aliphatic carbocycles. The molecule has 0 spiro atoms. The Kier molecular flexibility index (Phi) is 2.82. The Balaban J connectivity index is 2.55. The predicted molar refractivity (Wildman–Crippen MR) is 70.3 cm³/mol. The Bertz CT molecular complexity index is 932. The number of carbonyl (C=O) groups excluding carboxylic acids is 1. The molecular formula is C13H8N3O5-. The molecule has 8 heteroatoms. The Morgan fingerprint density at radius 1 is 1.29 bits per heavy atom. The van der Waals surface area contributed by atoms with Gasteiger partial charge in [0.1, 0.15) is 0 Å². The standard InChI is InChI=1S/C13H9N3O5/c17-12-7-3-6(16(20)21)4-8(13(18)19)11(7)15-10-1-2-14-5-9(10)12/h1-5,20-21H,(H,15,17)(H,18,19)/p-1. The quantitative estimate of drug-likeness (QED) is 0.447. The van der Waals surface area contributed by atoms with Gasteiger partial charge in [0.05, 0.1) is 28.1 Å². The lowest BCUT2D eigenvalue weighted by Gasteiger charge is -2.14. The predicted octanol–water partition coefficient (Wildman–Crippen LogP) is 0.0246. The maximum atomic E-state index is 12.4. The highest BCUT2D eigenvalue weighted by molar-refractivity contribution is 6.05. The van der Waals surface area contributed by atoms with Crippen LogP contribution in [0.5, 0.6) is 0 Å². The number of H-pyrrole nitrogens is 1. The molecule has 8 nitrogen and oxygen atoms in total. The zero-order chi connectivity index (χ0) is 15.1. The second kappa shape index (κ2) is 4.54. The van der Waals surface area contributed by atoms with E-state index in [1.165, 1.54) is 18.5 Å². The highest BCUT2D eigenvalue weighted by Crippen LogP contribution is 2.23. The maximum Gasteiger partial charge on any atom is 0.198 e. The van der Waals surface area contributed by atoms with Crippen molar-refractivity contribution >= 4 is 33.5 Å². The third-order valence-corrected chi connectivity index (χ3v) is 3.14. The summed E-state index contributed by atoms with van der Waals surface area (Å²) in [5.41, 5.74) is -0.633. The van der Waals surface area contributed by atoms with Crippen LogP contribution in [-0.4, -0.2) is 26.4 Å². The van der Waals surface area contributed by atoms with Crippen LogP contribution in [0.25, 0.3) is 21.8 Å². The summed E-state index contributed by atoms with van der Waals surface area (Å²) in [5.74, 6) is -1.55. The van der Waals surface area contributed by atoms with E-state index < -0.39 is 11.4 Å². The summed E-state index contributed by atoms with van der Waals surface area (Å²) in [7, 11) is 0. The number of hydrogen-bond acceptors (Lipinski definition) is 7. The van der Waals surface area contributed by atoms with Gasteiger partial charge in [-0.05, 0) is 18.2 Å². The van der Waals surface area contributed by atoms with Crippen molar-refractivity contribution in [2.45, 2.75) is 0 Å². The summed E-state index contributed by atoms with van der Waals surface area (Å²) in [6, 6.07) is 3.68. The van der Waals surface area contributed by atoms with Gasteiger partial charge >= 0.3 is 0 Å². The number of hydrogen-bond donors (Lipinski definition) is 3. The molecule has 3 N–H and O–H groups in total. The van der Waals surface area contributed by atoms with Gasteiger partial charge in [-0.15, -0.1) is 5.23 Å². The fraction of sp³-hybridized carbons (Fsp3) is 0. The molecule has 1 aromatic carbocycles. The molecular weight excluding hydrogens is 278 g/mol. The molecule has 0 bridgehead atoms. The first-order valence-electron chi connectivity index (χ1n) is 5.82. The van der Waals surface area contributed by atoms with E-state index in [0.717, 1.165) is 12.1 Å². The lowest BCUT2D eigenvalue weighted by molar-refractivity contribution is -0.254. The fourth-order valence-electron chi connectivity index (χ4n) is 2.18. The number of carboxylic acids is 1. The van der Waals surface area contributed by atoms with E-state index in [-0.39, 0.29) is 32.8 Å². The summed E-state index contributed by atoms with van der Waals surface area (Å²) in [6.07, 6.45) is 2.80. The van der Waals surface area contributed by atoms with Gasteiger partial charge in [-0.1, -0.05) is 0 Å². The number of nitrogens with zero attached hydrogens (tertiary/aromatic N) is 2. The summed E-state index contributed by atoms with van der Waals surface area (Å²) < 4.78 is 0. The van der Waals surface area contributed by atoms with Crippen molar-refractivity contribution in [1.82, 2.24) is 9.97 Å². The number of benzene rings is 1. The molecule has 106 valence electrons. The first-order chi connectivity index (χ1) is 9.99. The number of anilines is 1. The maximum absolute atomic E-state index is 12.4. The van der Waals surface area contributed by atoms with Crippen LogP contribution in [0, 0.1) is 0 Å². The van der Waals surface area contributed by atoms with E-state index in [2.05, 4.69) is 9.97 Å². The zero-order valence-corrected chi connectivity index (χ0v) is 10.4. The fourth-order valence-corrected chi connectivity index (χ4v) is 2.18. The van der Waals surface area contributed by atoms with Gasteiger partial charge in [-0.3, -0.25) is 20.2 Å². The van der Waals surface area contributed by atoms with Crippen molar-refractivity contribution in [2.75, 3.05) is 5.23 Å². The van der Waals surface area contributed by atoms with Crippen LogP contribution in [0.15, 0.2) is 35.4 Å². The first-order valence-corrected chi connectivity index (χ1v) is 5.82. The van der Waals surface area contributed by atoms with Gasteiger partial charge in [0.15, 0.2) is 5.43 Å². The Morgan fingerprint density at radius 3 is 2.71 bits per heavy atom. The van der Waals surface area contributed by atoms with E-state index in [1.54, 1.807) is 0 Å². The molecule has 2 aromatic heterocycles. The van der Waals surface area contributed by atoms with E-state index in [9.17, 15) is 14.7 Å². The van der Waals surface area contributed by atoms with Crippen molar-refractivity contribution in [2.24, 2.45) is 0 Å². The van der Waals surface area contributed by atoms with Crippen LogP contribution in [0.1, 0.15) is 10.4 Å². The molecule has 0 saturated heterocycles. The van der Waals surface area contributed by atoms with Crippen molar-refractivity contribution < 1.29 is 20.3 Å². The SMILES string of the molecule is O=C([O-])c1cc(N(O)O)cc2c(=O)c3cnccc3[nH]c12. The lowest BCUT2D eigenvalue weighted by Crippen LogP contribution is -2.24. The van der Waals surface area contributed by atoms with E-state index in [4.69, 9.17) is 10.4 Å². The Hall–Kier alpha value is -2.97. The number of fused-ring (bicyclic) bond motifs is 2. The number of carboxylic acid groups (broad SMARTS) is 1. The number of pyridine rings is 2. The van der Waals surface area contributed by atoms with Crippen LogP contribution >= 0.6 is 0 Å². The Labute approximate surface area is 116 Å². The number of carbonyl (C=O) groups is 1. The normalized spacial score (nSPS) is 11.0. The Morgan fingerprint density at radius 2 is 2.05 bits per heavy atom. The number of aromatic nitrogens is 2. The van der Waals surface area contributed by atoms with Gasteiger partial charge in [-0.2, -0.15) is 0 Å². The van der Waals surface area contributed by atoms with Crippen molar-refractivity contribution in [3.8, 4) is 0 Å². The summed E-state index contributed by atoms with van der Waals surface area (Å²) in [6.45, 7) is 0. The molecule has 3 aromatic rings. The average molecular weight is 286 g/mol. The highest BCUT2D eigenvalue weighted by atomic mass is 16.8. The third-order valence-electron chi connectivity index (χ3n) is 3.14. The third kappa shape index (κ3) is 1.98. The van der Waals surface area contributed by atoms with Gasteiger partial charge in [-0.25, -0.2) is 0 Å². The minimum absolute atomic E-state index is 0.0136. The smallest absolute Gasteiger partial charge is 0.198 e. The van der Waals surface area contributed by atoms with E-state index in [1.807, 2.05) is 0 Å². The molecule has 0 saturated carbocycles. The summed E-state index contributed by atoms with van der Waals surface area (Å²) in [5, 5.41) is 29.3. The zero-order valence-electron chi connectivity index (χ0n) is 10.4. The molecule has 0 amide bonds. The molecule has 0 atom stereocenters. The monoisotopic (exact) mass is 286 g/mol. The molecule has 0 unspecified atom stereocenters. The second-order valence-corrected chi connectivity index (χ2v) is 4.37.